The van der Waals surface area contributed by atoms with Gasteiger partial charge in [0.1, 0.15) is 11.9 Å². The van der Waals surface area contributed by atoms with Crippen LogP contribution < -0.4 is 10.1 Å². The van der Waals surface area contributed by atoms with Crippen molar-refractivity contribution in [1.29, 1.82) is 0 Å². The highest BCUT2D eigenvalue weighted by atomic mass is 19.1. The number of benzene rings is 1. The van der Waals surface area contributed by atoms with E-state index in [0.717, 1.165) is 24.0 Å². The van der Waals surface area contributed by atoms with Gasteiger partial charge in [0.15, 0.2) is 6.17 Å². The molecule has 4 atom stereocenters. The maximum atomic E-state index is 14.5. The van der Waals surface area contributed by atoms with Gasteiger partial charge in [-0.25, -0.2) is 4.39 Å². The number of nitrogens with zero attached hydrogens (tertiary/aromatic N) is 3. The first kappa shape index (κ1) is 17.1. The number of alkyl halides is 1. The third-order valence-corrected chi connectivity index (χ3v) is 5.55. The Kier molecular flexibility index (Phi) is 4.20. The number of aromatic hydroxyl groups is 1. The second-order valence-corrected chi connectivity index (χ2v) is 7.36. The number of piperidine rings is 1. The first-order chi connectivity index (χ1) is 13.7. The molecule has 7 nitrogen and oxygen atoms in total. The van der Waals surface area contributed by atoms with E-state index in [1.165, 1.54) is 0 Å². The van der Waals surface area contributed by atoms with Crippen molar-refractivity contribution in [3.05, 3.63) is 42.7 Å². The van der Waals surface area contributed by atoms with Crippen LogP contribution >= 0.6 is 0 Å². The average molecular weight is 381 g/mol. The van der Waals surface area contributed by atoms with E-state index in [-0.39, 0.29) is 11.8 Å². The Hall–Kier alpha value is -3.00. The summed E-state index contributed by atoms with van der Waals surface area (Å²) in [5, 5.41) is 28.6. The molecule has 0 radical (unpaired) electrons. The lowest BCUT2D eigenvalue weighted by atomic mass is 10.0. The molecule has 1 aromatic carbocycles. The first-order valence-electron chi connectivity index (χ1n) is 9.40. The molecule has 0 saturated carbocycles. The predicted octanol–water partition coefficient (Wildman–Crippen LogP) is 2.85. The van der Waals surface area contributed by atoms with Gasteiger partial charge in [-0.2, -0.15) is 5.10 Å². The molecular formula is C20H20FN5O2. The van der Waals surface area contributed by atoms with Crippen LogP contribution in [0.2, 0.25) is 0 Å². The highest BCUT2D eigenvalue weighted by Gasteiger charge is 2.43. The molecule has 8 heteroatoms. The Morgan fingerprint density at radius 2 is 2.04 bits per heavy atom. The van der Waals surface area contributed by atoms with Crippen molar-refractivity contribution in [3.63, 3.8) is 0 Å². The van der Waals surface area contributed by atoms with Gasteiger partial charge in [-0.3, -0.25) is 5.10 Å². The molecule has 0 aliphatic carbocycles. The summed E-state index contributed by atoms with van der Waals surface area (Å²) in [7, 11) is 0. The number of aromatic nitrogens is 4. The zero-order valence-corrected chi connectivity index (χ0v) is 15.0. The lowest BCUT2D eigenvalue weighted by molar-refractivity contribution is 0.0422. The van der Waals surface area contributed by atoms with E-state index in [1.807, 2.05) is 6.07 Å². The normalized spacial score (nSPS) is 26.3. The molecule has 5 rings (SSSR count). The lowest BCUT2D eigenvalue weighted by Crippen LogP contribution is -2.51. The fourth-order valence-electron chi connectivity index (χ4n) is 4.09. The van der Waals surface area contributed by atoms with Crippen molar-refractivity contribution in [2.24, 2.45) is 0 Å². The van der Waals surface area contributed by atoms with Gasteiger partial charge in [0.2, 0.25) is 5.88 Å². The van der Waals surface area contributed by atoms with E-state index in [4.69, 9.17) is 4.74 Å². The standard InChI is InChI=1S/C20H20FN5O2/c21-20-16-4-2-13(24-16)8-18(20)28-19-6-5-15(25-26-19)14-3-1-11(7-17(14)27)12-9-22-23-10-12/h1,3,5-7,9-10,13,16,18,20,24,27H,2,4,8H2,(H,22,23)/t13?,16?,18-,20+/m1/s1. The molecule has 0 spiro atoms. The average Bonchev–Trinajstić information content (AvgIpc) is 3.37. The number of fused-ring (bicyclic) bond motifs is 2. The van der Waals surface area contributed by atoms with Crippen LogP contribution in [0.15, 0.2) is 42.7 Å². The minimum absolute atomic E-state index is 0.0976. The summed E-state index contributed by atoms with van der Waals surface area (Å²) in [6, 6.07) is 8.90. The molecule has 2 aliphatic heterocycles. The number of rotatable bonds is 4. The number of phenolic OH excluding ortho intramolecular Hbond substituents is 1. The molecule has 2 unspecified atom stereocenters. The Morgan fingerprint density at radius 1 is 1.11 bits per heavy atom. The lowest BCUT2D eigenvalue weighted by Gasteiger charge is -2.32. The van der Waals surface area contributed by atoms with E-state index in [2.05, 4.69) is 25.7 Å². The minimum Gasteiger partial charge on any atom is -0.507 e. The Labute approximate surface area is 161 Å². The summed E-state index contributed by atoms with van der Waals surface area (Å²) in [6.07, 6.45) is 4.38. The number of hydrogen-bond donors (Lipinski definition) is 3. The second kappa shape index (κ2) is 6.87. The number of aromatic amines is 1. The number of ether oxygens (including phenoxy) is 1. The molecule has 2 saturated heterocycles. The molecular weight excluding hydrogens is 361 g/mol. The highest BCUT2D eigenvalue weighted by Crippen LogP contribution is 2.34. The first-order valence-corrected chi connectivity index (χ1v) is 9.40. The zero-order chi connectivity index (χ0) is 19.1. The Balaban J connectivity index is 1.32. The molecule has 3 N–H and O–H groups in total. The molecule has 2 bridgehead atoms. The van der Waals surface area contributed by atoms with Crippen LogP contribution in [-0.4, -0.2) is 49.9 Å². The summed E-state index contributed by atoms with van der Waals surface area (Å²) in [5.41, 5.74) is 2.81. The summed E-state index contributed by atoms with van der Waals surface area (Å²) < 4.78 is 20.3. The smallest absolute Gasteiger partial charge is 0.233 e. The van der Waals surface area contributed by atoms with Gasteiger partial charge in [0.25, 0.3) is 0 Å². The van der Waals surface area contributed by atoms with Crippen LogP contribution in [0, 0.1) is 0 Å². The molecule has 28 heavy (non-hydrogen) atoms. The van der Waals surface area contributed by atoms with Crippen LogP contribution in [0.1, 0.15) is 19.3 Å². The van der Waals surface area contributed by atoms with E-state index < -0.39 is 12.3 Å². The van der Waals surface area contributed by atoms with Crippen molar-refractivity contribution in [3.8, 4) is 34.0 Å². The highest BCUT2D eigenvalue weighted by molar-refractivity contribution is 5.73. The third kappa shape index (κ3) is 3.09. The number of H-pyrrole nitrogens is 1. The monoisotopic (exact) mass is 381 g/mol. The molecule has 0 amide bonds. The molecule has 4 heterocycles. The maximum Gasteiger partial charge on any atom is 0.233 e. The van der Waals surface area contributed by atoms with Gasteiger partial charge in [-0.1, -0.05) is 6.07 Å². The largest absolute Gasteiger partial charge is 0.507 e. The summed E-state index contributed by atoms with van der Waals surface area (Å²) in [6.45, 7) is 0. The van der Waals surface area contributed by atoms with Gasteiger partial charge < -0.3 is 15.2 Å². The SMILES string of the molecule is Oc1cc(-c2cn[nH]c2)ccc1-c1ccc(O[C@@H]2CC3CCC(N3)[C@@H]2F)nn1. The van der Waals surface area contributed by atoms with E-state index in [1.54, 1.807) is 36.7 Å². The number of halogens is 1. The second-order valence-electron chi connectivity index (χ2n) is 7.36. The van der Waals surface area contributed by atoms with Gasteiger partial charge >= 0.3 is 0 Å². The molecule has 2 aliphatic rings. The number of hydrogen-bond acceptors (Lipinski definition) is 6. The molecule has 2 fully saturated rings. The Morgan fingerprint density at radius 3 is 2.79 bits per heavy atom. The number of nitrogens with one attached hydrogen (secondary N) is 2. The van der Waals surface area contributed by atoms with Gasteiger partial charge in [0.05, 0.1) is 11.9 Å². The van der Waals surface area contributed by atoms with Crippen LogP contribution in [-0.2, 0) is 0 Å². The fraction of sp³-hybridized carbons (Fsp3) is 0.350. The van der Waals surface area contributed by atoms with Crippen molar-refractivity contribution >= 4 is 0 Å². The summed E-state index contributed by atoms with van der Waals surface area (Å²) >= 11 is 0. The van der Waals surface area contributed by atoms with Gasteiger partial charge in [-0.15, -0.1) is 10.2 Å². The van der Waals surface area contributed by atoms with Crippen LogP contribution in [0.5, 0.6) is 11.6 Å². The zero-order valence-electron chi connectivity index (χ0n) is 15.0. The summed E-state index contributed by atoms with van der Waals surface area (Å²) in [5.74, 6) is 0.396. The van der Waals surface area contributed by atoms with Crippen molar-refractivity contribution in [2.75, 3.05) is 0 Å². The number of phenols is 1. The van der Waals surface area contributed by atoms with Crippen LogP contribution in [0.3, 0.4) is 0 Å². The van der Waals surface area contributed by atoms with Crippen LogP contribution in [0.4, 0.5) is 4.39 Å². The molecule has 3 aromatic rings. The molecule has 2 aromatic heterocycles. The van der Waals surface area contributed by atoms with Gasteiger partial charge in [0, 0.05) is 41.9 Å². The van der Waals surface area contributed by atoms with E-state index in [0.29, 0.717) is 29.6 Å². The minimum atomic E-state index is -1.04. The van der Waals surface area contributed by atoms with Crippen LogP contribution in [0.25, 0.3) is 22.4 Å². The summed E-state index contributed by atoms with van der Waals surface area (Å²) in [4.78, 5) is 0. The van der Waals surface area contributed by atoms with E-state index >= 15 is 0 Å². The maximum absolute atomic E-state index is 14.5. The van der Waals surface area contributed by atoms with Gasteiger partial charge in [-0.05, 0) is 36.6 Å². The fourth-order valence-corrected chi connectivity index (χ4v) is 4.09. The Bertz CT molecular complexity index is 963. The van der Waals surface area contributed by atoms with Crippen molar-refractivity contribution in [2.45, 2.75) is 43.6 Å². The predicted molar refractivity (Wildman–Crippen MR) is 101 cm³/mol. The topological polar surface area (TPSA) is 96.0 Å². The van der Waals surface area contributed by atoms with Crippen molar-refractivity contribution in [1.82, 2.24) is 25.7 Å². The van der Waals surface area contributed by atoms with E-state index in [9.17, 15) is 9.50 Å². The molecule has 144 valence electrons. The van der Waals surface area contributed by atoms with Crippen molar-refractivity contribution < 1.29 is 14.2 Å². The quantitative estimate of drug-likeness (QED) is 0.643. The third-order valence-electron chi connectivity index (χ3n) is 5.55.